The van der Waals surface area contributed by atoms with Crippen molar-refractivity contribution in [3.63, 3.8) is 0 Å². The van der Waals surface area contributed by atoms with Crippen LogP contribution >= 0.6 is 0 Å². The van der Waals surface area contributed by atoms with Crippen molar-refractivity contribution < 1.29 is 19.1 Å². The van der Waals surface area contributed by atoms with Crippen LogP contribution in [0.3, 0.4) is 0 Å². The first-order valence-electron chi connectivity index (χ1n) is 9.48. The zero-order valence-corrected chi connectivity index (χ0v) is 17.8. The highest BCUT2D eigenvalue weighted by Gasteiger charge is 2.20. The van der Waals surface area contributed by atoms with Crippen LogP contribution in [0.15, 0.2) is 54.1 Å². The van der Waals surface area contributed by atoms with Gasteiger partial charge in [0.25, 0.3) is 5.91 Å². The van der Waals surface area contributed by atoms with E-state index in [4.69, 9.17) is 4.74 Å². The molecule has 0 unspecified atom stereocenters. The Morgan fingerprint density at radius 2 is 1.55 bits per heavy atom. The molecule has 0 saturated heterocycles. The maximum atomic E-state index is 12.3. The first kappa shape index (κ1) is 23.2. The zero-order chi connectivity index (χ0) is 23.0. The Morgan fingerprint density at radius 3 is 2.03 bits per heavy atom. The Kier molecular flexibility index (Phi) is 7.92. The lowest BCUT2D eigenvalue weighted by Gasteiger charge is -2.14. The fraction of sp³-hybridized carbons (Fsp3) is 0.217. The molecule has 8 heteroatoms. The molecule has 160 valence electrons. The Morgan fingerprint density at radius 1 is 1.00 bits per heavy atom. The van der Waals surface area contributed by atoms with E-state index in [1.54, 1.807) is 36.4 Å². The van der Waals surface area contributed by atoms with Crippen molar-refractivity contribution in [2.24, 2.45) is 0 Å². The number of nitriles is 1. The molecule has 0 aromatic heterocycles. The molecule has 0 bridgehead atoms. The zero-order valence-electron chi connectivity index (χ0n) is 17.8. The lowest BCUT2D eigenvalue weighted by molar-refractivity contribution is -0.148. The quantitative estimate of drug-likeness (QED) is 0.404. The summed E-state index contributed by atoms with van der Waals surface area (Å²) < 4.78 is 5.14. The number of benzene rings is 2. The SMILES string of the molecule is CC(=O)Nc1ccc(NC(=O)[C@@H](C)OC(=O)/C(C#N)=C/c2ccc(N(C)C)cc2)cc1. The molecule has 2 aromatic carbocycles. The molecule has 0 aliphatic rings. The van der Waals surface area contributed by atoms with Crippen molar-refractivity contribution in [2.75, 3.05) is 29.6 Å². The van der Waals surface area contributed by atoms with Gasteiger partial charge in [-0.2, -0.15) is 5.26 Å². The van der Waals surface area contributed by atoms with Gasteiger partial charge in [-0.15, -0.1) is 0 Å². The third-order valence-corrected chi connectivity index (χ3v) is 4.19. The normalized spacial score (nSPS) is 11.6. The fourth-order valence-corrected chi connectivity index (χ4v) is 2.53. The van der Waals surface area contributed by atoms with Crippen LogP contribution in [0.2, 0.25) is 0 Å². The standard InChI is InChI=1S/C23H24N4O4/c1-15(22(29)26-20-9-7-19(8-10-20)25-16(2)28)31-23(30)18(14-24)13-17-5-11-21(12-6-17)27(3)4/h5-13,15H,1-4H3,(H,25,28)(H,26,29)/b18-13+/t15-/m1/s1. The number of ether oxygens (including phenoxy) is 1. The lowest BCUT2D eigenvalue weighted by atomic mass is 10.1. The van der Waals surface area contributed by atoms with E-state index in [1.807, 2.05) is 37.2 Å². The van der Waals surface area contributed by atoms with E-state index in [0.29, 0.717) is 16.9 Å². The van der Waals surface area contributed by atoms with Crippen LogP contribution in [-0.4, -0.2) is 38.0 Å². The topological polar surface area (TPSA) is 112 Å². The Bertz CT molecular complexity index is 1020. The van der Waals surface area contributed by atoms with E-state index in [2.05, 4.69) is 10.6 Å². The van der Waals surface area contributed by atoms with Crippen LogP contribution in [-0.2, 0) is 19.1 Å². The largest absolute Gasteiger partial charge is 0.448 e. The van der Waals surface area contributed by atoms with Gasteiger partial charge in [-0.25, -0.2) is 4.79 Å². The van der Waals surface area contributed by atoms with Gasteiger partial charge in [0, 0.05) is 38.1 Å². The minimum atomic E-state index is -1.12. The summed E-state index contributed by atoms with van der Waals surface area (Å²) in [7, 11) is 3.82. The number of hydrogen-bond acceptors (Lipinski definition) is 6. The Labute approximate surface area is 181 Å². The molecule has 0 fully saturated rings. The van der Waals surface area contributed by atoms with Crippen LogP contribution in [0.25, 0.3) is 6.08 Å². The molecule has 31 heavy (non-hydrogen) atoms. The second-order valence-electron chi connectivity index (χ2n) is 6.95. The molecular weight excluding hydrogens is 396 g/mol. The molecule has 1 atom stereocenters. The van der Waals surface area contributed by atoms with Crippen LogP contribution < -0.4 is 15.5 Å². The molecule has 2 N–H and O–H groups in total. The number of amides is 2. The van der Waals surface area contributed by atoms with Gasteiger partial charge in [-0.05, 0) is 55.0 Å². The Hall–Kier alpha value is -4.12. The molecule has 2 aromatic rings. The average Bonchev–Trinajstić information content (AvgIpc) is 2.73. The molecule has 0 aliphatic carbocycles. The summed E-state index contributed by atoms with van der Waals surface area (Å²) in [6.45, 7) is 2.81. The van der Waals surface area contributed by atoms with Gasteiger partial charge in [0.05, 0.1) is 0 Å². The second-order valence-corrected chi connectivity index (χ2v) is 6.95. The summed E-state index contributed by atoms with van der Waals surface area (Å²) in [5, 5.41) is 14.6. The van der Waals surface area contributed by atoms with Gasteiger partial charge < -0.3 is 20.3 Å². The molecule has 2 rings (SSSR count). The third kappa shape index (κ3) is 7.01. The van der Waals surface area contributed by atoms with E-state index >= 15 is 0 Å². The number of hydrogen-bond donors (Lipinski definition) is 2. The predicted octanol–water partition coefficient (Wildman–Crippen LogP) is 3.19. The van der Waals surface area contributed by atoms with Gasteiger partial charge in [-0.1, -0.05) is 12.1 Å². The number of carbonyl (C=O) groups is 3. The van der Waals surface area contributed by atoms with Gasteiger partial charge in [0.15, 0.2) is 6.10 Å². The maximum absolute atomic E-state index is 12.3. The maximum Gasteiger partial charge on any atom is 0.349 e. The minimum absolute atomic E-state index is 0.202. The number of anilines is 3. The fourth-order valence-electron chi connectivity index (χ4n) is 2.53. The van der Waals surface area contributed by atoms with E-state index in [-0.39, 0.29) is 11.5 Å². The van der Waals surface area contributed by atoms with Crippen LogP contribution in [0.5, 0.6) is 0 Å². The molecular formula is C23H24N4O4. The van der Waals surface area contributed by atoms with Crippen molar-refractivity contribution in [3.05, 3.63) is 59.7 Å². The highest BCUT2D eigenvalue weighted by atomic mass is 16.5. The number of rotatable bonds is 7. The Balaban J connectivity index is 1.99. The van der Waals surface area contributed by atoms with Crippen LogP contribution in [0.1, 0.15) is 19.4 Å². The molecule has 0 heterocycles. The van der Waals surface area contributed by atoms with Crippen molar-refractivity contribution in [1.82, 2.24) is 0 Å². The summed E-state index contributed by atoms with van der Waals surface area (Å²) >= 11 is 0. The number of carbonyl (C=O) groups excluding carboxylic acids is 3. The number of nitrogens with one attached hydrogen (secondary N) is 2. The first-order valence-corrected chi connectivity index (χ1v) is 9.48. The predicted molar refractivity (Wildman–Crippen MR) is 119 cm³/mol. The average molecular weight is 420 g/mol. The van der Waals surface area contributed by atoms with Crippen LogP contribution in [0, 0.1) is 11.3 Å². The molecule has 0 spiro atoms. The third-order valence-electron chi connectivity index (χ3n) is 4.19. The summed E-state index contributed by atoms with van der Waals surface area (Å²) in [6, 6.07) is 15.6. The number of esters is 1. The highest BCUT2D eigenvalue weighted by molar-refractivity contribution is 6.01. The van der Waals surface area contributed by atoms with Crippen LogP contribution in [0.4, 0.5) is 17.1 Å². The summed E-state index contributed by atoms with van der Waals surface area (Å²) in [6.07, 6.45) is 0.294. The van der Waals surface area contributed by atoms with Crippen molar-refractivity contribution >= 4 is 40.9 Å². The monoisotopic (exact) mass is 420 g/mol. The molecule has 2 amide bonds. The van der Waals surface area contributed by atoms with Gasteiger partial charge >= 0.3 is 5.97 Å². The summed E-state index contributed by atoms with van der Waals surface area (Å²) in [5.41, 5.74) is 2.49. The van der Waals surface area contributed by atoms with Gasteiger partial charge in [0.1, 0.15) is 11.6 Å². The van der Waals surface area contributed by atoms with Crippen molar-refractivity contribution in [2.45, 2.75) is 20.0 Å². The van der Waals surface area contributed by atoms with Gasteiger partial charge in [0.2, 0.25) is 5.91 Å². The molecule has 0 radical (unpaired) electrons. The van der Waals surface area contributed by atoms with Crippen molar-refractivity contribution in [1.29, 1.82) is 5.26 Å². The number of nitrogens with zero attached hydrogens (tertiary/aromatic N) is 2. The minimum Gasteiger partial charge on any atom is -0.448 e. The highest BCUT2D eigenvalue weighted by Crippen LogP contribution is 2.16. The van der Waals surface area contributed by atoms with E-state index in [1.165, 1.54) is 19.9 Å². The molecule has 0 saturated carbocycles. The summed E-state index contributed by atoms with van der Waals surface area (Å²) in [5.74, 6) is -1.64. The second kappa shape index (κ2) is 10.6. The van der Waals surface area contributed by atoms with Crippen molar-refractivity contribution in [3.8, 4) is 6.07 Å². The smallest absolute Gasteiger partial charge is 0.349 e. The van der Waals surface area contributed by atoms with E-state index < -0.39 is 18.0 Å². The summed E-state index contributed by atoms with van der Waals surface area (Å²) in [4.78, 5) is 37.6. The van der Waals surface area contributed by atoms with E-state index in [0.717, 1.165) is 5.69 Å². The lowest BCUT2D eigenvalue weighted by Crippen LogP contribution is -2.30. The van der Waals surface area contributed by atoms with Gasteiger partial charge in [-0.3, -0.25) is 9.59 Å². The molecule has 0 aliphatic heterocycles. The van der Waals surface area contributed by atoms with E-state index in [9.17, 15) is 19.6 Å². The molecule has 8 nitrogen and oxygen atoms in total. The first-order chi connectivity index (χ1) is 14.7.